The maximum Gasteiger partial charge on any atom is 0.258 e. The number of benzene rings is 1. The molecule has 1 fully saturated rings. The number of halogens is 1. The van der Waals surface area contributed by atoms with Gasteiger partial charge in [-0.1, -0.05) is 24.1 Å². The lowest BCUT2D eigenvalue weighted by Crippen LogP contribution is -2.42. The number of hydrogen-bond acceptors (Lipinski definition) is 3. The van der Waals surface area contributed by atoms with Gasteiger partial charge in [-0.15, -0.1) is 12.4 Å². The average Bonchev–Trinajstić information content (AvgIpc) is 2.85. The Balaban J connectivity index is 0.00000220. The Morgan fingerprint density at radius 3 is 2.81 bits per heavy atom. The highest BCUT2D eigenvalue weighted by Gasteiger charge is 2.27. The van der Waals surface area contributed by atoms with Crippen molar-refractivity contribution in [1.29, 1.82) is 0 Å². The Morgan fingerprint density at radius 2 is 2.14 bits per heavy atom. The number of carbonyl (C=O) groups excluding carboxylic acids is 1. The molecule has 0 aromatic heterocycles. The molecule has 1 aliphatic carbocycles. The summed E-state index contributed by atoms with van der Waals surface area (Å²) in [4.78, 5) is 11.9. The first-order valence-corrected chi connectivity index (χ1v) is 7.29. The first-order valence-electron chi connectivity index (χ1n) is 7.29. The molecule has 2 unspecified atom stereocenters. The first kappa shape index (κ1) is 17.8. The number of aryl methyl sites for hydroxylation is 2. The maximum absolute atomic E-state index is 11.9. The van der Waals surface area contributed by atoms with Crippen LogP contribution in [-0.2, 0) is 4.79 Å². The second-order valence-electron chi connectivity index (χ2n) is 5.66. The lowest BCUT2D eigenvalue weighted by atomic mass is 10.0. The van der Waals surface area contributed by atoms with Crippen molar-refractivity contribution in [2.45, 2.75) is 39.2 Å². The van der Waals surface area contributed by atoms with Crippen LogP contribution in [0.5, 0.6) is 5.75 Å². The zero-order chi connectivity index (χ0) is 14.5. The smallest absolute Gasteiger partial charge is 0.258 e. The highest BCUT2D eigenvalue weighted by Crippen LogP contribution is 2.24. The number of carbonyl (C=O) groups is 1. The summed E-state index contributed by atoms with van der Waals surface area (Å²) >= 11 is 0. The van der Waals surface area contributed by atoms with E-state index in [1.165, 1.54) is 5.56 Å². The van der Waals surface area contributed by atoms with E-state index < -0.39 is 0 Å². The number of nitrogens with one attached hydrogen (secondary N) is 1. The summed E-state index contributed by atoms with van der Waals surface area (Å²) in [5.41, 5.74) is 7.96. The maximum atomic E-state index is 11.9. The summed E-state index contributed by atoms with van der Waals surface area (Å²) in [6, 6.07) is 6.17. The molecule has 118 valence electrons. The highest BCUT2D eigenvalue weighted by molar-refractivity contribution is 5.85. The van der Waals surface area contributed by atoms with Crippen molar-refractivity contribution >= 4 is 18.3 Å². The number of ether oxygens (including phenoxy) is 1. The second-order valence-corrected chi connectivity index (χ2v) is 5.66. The van der Waals surface area contributed by atoms with Crippen molar-refractivity contribution in [1.82, 2.24) is 5.32 Å². The molecule has 0 radical (unpaired) electrons. The molecule has 2 atom stereocenters. The molecule has 21 heavy (non-hydrogen) atoms. The van der Waals surface area contributed by atoms with E-state index in [-0.39, 0.29) is 31.0 Å². The van der Waals surface area contributed by atoms with E-state index in [1.54, 1.807) is 0 Å². The van der Waals surface area contributed by atoms with Gasteiger partial charge in [0.25, 0.3) is 5.91 Å². The van der Waals surface area contributed by atoms with Crippen LogP contribution in [0, 0.1) is 19.8 Å². The van der Waals surface area contributed by atoms with Gasteiger partial charge in [-0.2, -0.15) is 0 Å². The summed E-state index contributed by atoms with van der Waals surface area (Å²) in [7, 11) is 0. The quantitative estimate of drug-likeness (QED) is 0.877. The van der Waals surface area contributed by atoms with Crippen molar-refractivity contribution < 1.29 is 9.53 Å². The van der Waals surface area contributed by atoms with E-state index in [2.05, 4.69) is 11.4 Å². The molecule has 0 aliphatic heterocycles. The molecule has 1 amide bonds. The van der Waals surface area contributed by atoms with Gasteiger partial charge in [0.2, 0.25) is 0 Å². The van der Waals surface area contributed by atoms with Crippen molar-refractivity contribution in [2.75, 3.05) is 13.2 Å². The molecule has 0 heterocycles. The lowest BCUT2D eigenvalue weighted by molar-refractivity contribution is -0.124. The van der Waals surface area contributed by atoms with Crippen LogP contribution in [0.2, 0.25) is 0 Å². The average molecular weight is 313 g/mol. The molecule has 1 aliphatic rings. The third-order valence-corrected chi connectivity index (χ3v) is 4.00. The van der Waals surface area contributed by atoms with Crippen LogP contribution in [0.15, 0.2) is 18.2 Å². The minimum Gasteiger partial charge on any atom is -0.484 e. The topological polar surface area (TPSA) is 64.3 Å². The fraction of sp³-hybridized carbons (Fsp3) is 0.562. The summed E-state index contributed by atoms with van der Waals surface area (Å²) in [5, 5.41) is 3.04. The van der Waals surface area contributed by atoms with Gasteiger partial charge < -0.3 is 15.8 Å². The normalized spacial score (nSPS) is 20.7. The van der Waals surface area contributed by atoms with Crippen LogP contribution in [0.1, 0.15) is 30.4 Å². The third-order valence-electron chi connectivity index (χ3n) is 4.00. The predicted molar refractivity (Wildman–Crippen MR) is 87.0 cm³/mol. The Labute approximate surface area is 132 Å². The summed E-state index contributed by atoms with van der Waals surface area (Å²) in [6.45, 7) is 4.73. The van der Waals surface area contributed by atoms with Crippen LogP contribution in [0.3, 0.4) is 0 Å². The van der Waals surface area contributed by atoms with Gasteiger partial charge in [-0.05, 0) is 50.8 Å². The van der Waals surface area contributed by atoms with Gasteiger partial charge in [0.05, 0.1) is 0 Å². The largest absolute Gasteiger partial charge is 0.484 e. The van der Waals surface area contributed by atoms with Crippen LogP contribution in [0.25, 0.3) is 0 Å². The van der Waals surface area contributed by atoms with Gasteiger partial charge in [0, 0.05) is 6.04 Å². The molecule has 1 aromatic rings. The number of nitrogens with two attached hydrogens (primary N) is 1. The Bertz CT molecular complexity index is 479. The van der Waals surface area contributed by atoms with Gasteiger partial charge in [-0.3, -0.25) is 4.79 Å². The minimum absolute atomic E-state index is 0. The predicted octanol–water partition coefficient (Wildman–Crippen LogP) is 2.35. The van der Waals surface area contributed by atoms with E-state index in [0.29, 0.717) is 12.5 Å². The highest BCUT2D eigenvalue weighted by atomic mass is 35.5. The summed E-state index contributed by atoms with van der Waals surface area (Å²) in [5.74, 6) is 1.13. The van der Waals surface area contributed by atoms with Crippen LogP contribution < -0.4 is 15.8 Å². The first-order chi connectivity index (χ1) is 9.60. The number of amides is 1. The Kier molecular flexibility index (Phi) is 6.99. The van der Waals surface area contributed by atoms with Gasteiger partial charge in [-0.25, -0.2) is 0 Å². The second kappa shape index (κ2) is 8.25. The lowest BCUT2D eigenvalue weighted by Gasteiger charge is -2.19. The van der Waals surface area contributed by atoms with E-state index in [0.717, 1.165) is 30.6 Å². The monoisotopic (exact) mass is 312 g/mol. The van der Waals surface area contributed by atoms with Gasteiger partial charge >= 0.3 is 0 Å². The third kappa shape index (κ3) is 4.90. The number of rotatable bonds is 5. The SMILES string of the molecule is Cc1ccc(OCC(=O)NC2CCCC2CN)c(C)c1.Cl. The zero-order valence-corrected chi connectivity index (χ0v) is 13.5. The Hall–Kier alpha value is -1.26. The molecule has 5 heteroatoms. The van der Waals surface area contributed by atoms with E-state index in [9.17, 15) is 4.79 Å². The van der Waals surface area contributed by atoms with E-state index >= 15 is 0 Å². The molecule has 3 N–H and O–H groups in total. The van der Waals surface area contributed by atoms with E-state index in [1.807, 2.05) is 26.0 Å². The van der Waals surface area contributed by atoms with Gasteiger partial charge in [0.15, 0.2) is 6.61 Å². The van der Waals surface area contributed by atoms with Crippen molar-refractivity contribution in [3.63, 3.8) is 0 Å². The van der Waals surface area contributed by atoms with Crippen molar-refractivity contribution in [2.24, 2.45) is 11.7 Å². The number of hydrogen-bond donors (Lipinski definition) is 2. The van der Waals surface area contributed by atoms with E-state index in [4.69, 9.17) is 10.5 Å². The fourth-order valence-corrected chi connectivity index (χ4v) is 2.86. The summed E-state index contributed by atoms with van der Waals surface area (Å²) in [6.07, 6.45) is 3.28. The minimum atomic E-state index is -0.0599. The van der Waals surface area contributed by atoms with Crippen LogP contribution in [-0.4, -0.2) is 25.1 Å². The molecular formula is C16H25ClN2O2. The Morgan fingerprint density at radius 1 is 1.38 bits per heavy atom. The molecular weight excluding hydrogens is 288 g/mol. The molecule has 4 nitrogen and oxygen atoms in total. The molecule has 1 saturated carbocycles. The fourth-order valence-electron chi connectivity index (χ4n) is 2.86. The molecule has 1 aromatic carbocycles. The molecule has 2 rings (SSSR count). The molecule has 0 saturated heterocycles. The molecule has 0 spiro atoms. The van der Waals surface area contributed by atoms with Gasteiger partial charge in [0.1, 0.15) is 5.75 Å². The van der Waals surface area contributed by atoms with Crippen molar-refractivity contribution in [3.8, 4) is 5.75 Å². The standard InChI is InChI=1S/C16H24N2O2.ClH/c1-11-6-7-15(12(2)8-11)20-10-16(19)18-14-5-3-4-13(14)9-17;/h6-8,13-14H,3-5,9-10,17H2,1-2H3,(H,18,19);1H. The zero-order valence-electron chi connectivity index (χ0n) is 12.7. The van der Waals surface area contributed by atoms with Crippen LogP contribution in [0.4, 0.5) is 0 Å². The van der Waals surface area contributed by atoms with Crippen LogP contribution >= 0.6 is 12.4 Å². The summed E-state index contributed by atoms with van der Waals surface area (Å²) < 4.78 is 5.59. The molecule has 0 bridgehead atoms. The van der Waals surface area contributed by atoms with Crippen molar-refractivity contribution in [3.05, 3.63) is 29.3 Å².